The van der Waals surface area contributed by atoms with Crippen LogP contribution in [-0.2, 0) is 9.47 Å². The molecule has 1 unspecified atom stereocenters. The molecule has 5 nitrogen and oxygen atoms in total. The molecule has 1 saturated heterocycles. The van der Waals surface area contributed by atoms with Crippen LogP contribution in [0.5, 0.6) is 0 Å². The Kier molecular flexibility index (Phi) is 6.07. The van der Waals surface area contributed by atoms with E-state index in [2.05, 4.69) is 12.2 Å². The smallest absolute Gasteiger partial charge is 0.410 e. The van der Waals surface area contributed by atoms with Gasteiger partial charge in [-0.05, 0) is 41.0 Å². The summed E-state index contributed by atoms with van der Waals surface area (Å²) in [6.45, 7) is 12.7. The molecule has 0 spiro atoms. The molecule has 112 valence electrons. The maximum absolute atomic E-state index is 11.9. The summed E-state index contributed by atoms with van der Waals surface area (Å²) >= 11 is 0. The molecule has 1 aliphatic heterocycles. The minimum atomic E-state index is -0.425. The highest BCUT2D eigenvalue weighted by Crippen LogP contribution is 2.15. The number of hydrogen-bond donors (Lipinski definition) is 1. The van der Waals surface area contributed by atoms with Crippen molar-refractivity contribution in [1.82, 2.24) is 10.2 Å². The topological polar surface area (TPSA) is 50.8 Å². The molecule has 2 atom stereocenters. The van der Waals surface area contributed by atoms with Gasteiger partial charge in [-0.25, -0.2) is 4.79 Å². The molecule has 0 aromatic carbocycles. The molecule has 1 aliphatic rings. The first-order chi connectivity index (χ1) is 8.81. The largest absolute Gasteiger partial charge is 0.444 e. The van der Waals surface area contributed by atoms with Gasteiger partial charge in [-0.1, -0.05) is 0 Å². The summed E-state index contributed by atoms with van der Waals surface area (Å²) in [4.78, 5) is 13.7. The number of nitrogens with zero attached hydrogens (tertiary/aromatic N) is 1. The second-order valence-electron chi connectivity index (χ2n) is 6.09. The molecular weight excluding hydrogens is 244 g/mol. The SMILES string of the molecule is CCOC(C)CN[C@@H]1CCN(C(=O)OC(C)(C)C)C1. The highest BCUT2D eigenvalue weighted by Gasteiger charge is 2.29. The van der Waals surface area contributed by atoms with Crippen molar-refractivity contribution in [3.05, 3.63) is 0 Å². The van der Waals surface area contributed by atoms with E-state index in [0.29, 0.717) is 12.6 Å². The van der Waals surface area contributed by atoms with Crippen molar-refractivity contribution in [3.63, 3.8) is 0 Å². The molecule has 1 heterocycles. The summed E-state index contributed by atoms with van der Waals surface area (Å²) < 4.78 is 10.8. The second kappa shape index (κ2) is 7.10. The van der Waals surface area contributed by atoms with E-state index in [0.717, 1.165) is 26.1 Å². The van der Waals surface area contributed by atoms with E-state index >= 15 is 0 Å². The minimum absolute atomic E-state index is 0.209. The lowest BCUT2D eigenvalue weighted by Crippen LogP contribution is -2.40. The molecule has 0 bridgehead atoms. The lowest BCUT2D eigenvalue weighted by atomic mass is 10.2. The number of carbonyl (C=O) groups is 1. The Labute approximate surface area is 116 Å². The van der Waals surface area contributed by atoms with Gasteiger partial charge >= 0.3 is 6.09 Å². The van der Waals surface area contributed by atoms with E-state index in [9.17, 15) is 4.79 Å². The van der Waals surface area contributed by atoms with Gasteiger partial charge < -0.3 is 19.7 Å². The number of hydrogen-bond acceptors (Lipinski definition) is 4. The van der Waals surface area contributed by atoms with E-state index in [-0.39, 0.29) is 12.2 Å². The van der Waals surface area contributed by atoms with Crippen molar-refractivity contribution in [2.75, 3.05) is 26.2 Å². The zero-order chi connectivity index (χ0) is 14.5. The maximum Gasteiger partial charge on any atom is 0.410 e. The Morgan fingerprint density at radius 2 is 2.16 bits per heavy atom. The third-order valence-electron chi connectivity index (χ3n) is 2.99. The van der Waals surface area contributed by atoms with Crippen molar-refractivity contribution >= 4 is 6.09 Å². The van der Waals surface area contributed by atoms with Crippen LogP contribution in [0.3, 0.4) is 0 Å². The fourth-order valence-electron chi connectivity index (χ4n) is 2.10. The van der Waals surface area contributed by atoms with Crippen molar-refractivity contribution in [3.8, 4) is 0 Å². The quantitative estimate of drug-likeness (QED) is 0.832. The summed E-state index contributed by atoms with van der Waals surface area (Å²) in [6, 6.07) is 0.343. The van der Waals surface area contributed by atoms with Crippen molar-refractivity contribution < 1.29 is 14.3 Å². The Morgan fingerprint density at radius 1 is 1.47 bits per heavy atom. The first kappa shape index (κ1) is 16.2. The predicted octanol–water partition coefficient (Wildman–Crippen LogP) is 2.01. The van der Waals surface area contributed by atoms with Crippen LogP contribution >= 0.6 is 0 Å². The van der Waals surface area contributed by atoms with Crippen LogP contribution in [0.1, 0.15) is 41.0 Å². The van der Waals surface area contributed by atoms with Gasteiger partial charge in [0, 0.05) is 32.3 Å². The minimum Gasteiger partial charge on any atom is -0.444 e. The molecule has 19 heavy (non-hydrogen) atoms. The third-order valence-corrected chi connectivity index (χ3v) is 2.99. The standard InChI is InChI=1S/C14H28N2O3/c1-6-18-11(2)9-15-12-7-8-16(10-12)13(17)19-14(3,4)5/h11-12,15H,6-10H2,1-5H3/t11?,12-/m1/s1. The molecule has 1 fully saturated rings. The Hall–Kier alpha value is -0.810. The zero-order valence-corrected chi connectivity index (χ0v) is 12.9. The number of likely N-dealkylation sites (tertiary alicyclic amines) is 1. The van der Waals surface area contributed by atoms with Crippen LogP contribution in [0.2, 0.25) is 0 Å². The summed E-state index contributed by atoms with van der Waals surface area (Å²) in [5.74, 6) is 0. The van der Waals surface area contributed by atoms with Gasteiger partial charge in [0.15, 0.2) is 0 Å². The average molecular weight is 272 g/mol. The van der Waals surface area contributed by atoms with E-state index in [4.69, 9.17) is 9.47 Å². The molecule has 1 amide bonds. The fraction of sp³-hybridized carbons (Fsp3) is 0.929. The van der Waals surface area contributed by atoms with Gasteiger partial charge in [0.25, 0.3) is 0 Å². The fourth-order valence-corrected chi connectivity index (χ4v) is 2.10. The summed E-state index contributed by atoms with van der Waals surface area (Å²) in [7, 11) is 0. The first-order valence-electron chi connectivity index (χ1n) is 7.14. The van der Waals surface area contributed by atoms with Crippen LogP contribution < -0.4 is 5.32 Å². The highest BCUT2D eigenvalue weighted by atomic mass is 16.6. The normalized spacial score (nSPS) is 21.5. The number of carbonyl (C=O) groups excluding carboxylic acids is 1. The number of ether oxygens (including phenoxy) is 2. The molecule has 5 heteroatoms. The highest BCUT2D eigenvalue weighted by molar-refractivity contribution is 5.68. The van der Waals surface area contributed by atoms with Gasteiger partial charge in [-0.15, -0.1) is 0 Å². The number of rotatable bonds is 5. The Balaban J connectivity index is 2.27. The molecule has 0 aromatic rings. The van der Waals surface area contributed by atoms with E-state index in [1.54, 1.807) is 4.90 Å². The Morgan fingerprint density at radius 3 is 2.74 bits per heavy atom. The number of nitrogens with one attached hydrogen (secondary N) is 1. The second-order valence-corrected chi connectivity index (χ2v) is 6.09. The molecule has 0 saturated carbocycles. The summed E-state index contributed by atoms with van der Waals surface area (Å²) in [5, 5.41) is 3.44. The molecular formula is C14H28N2O3. The van der Waals surface area contributed by atoms with Gasteiger partial charge in [0.1, 0.15) is 5.60 Å². The lowest BCUT2D eigenvalue weighted by molar-refractivity contribution is 0.0289. The monoisotopic (exact) mass is 272 g/mol. The summed E-state index contributed by atoms with van der Waals surface area (Å²) in [5.41, 5.74) is -0.425. The van der Waals surface area contributed by atoms with Crippen molar-refractivity contribution in [1.29, 1.82) is 0 Å². The molecule has 1 N–H and O–H groups in total. The van der Waals surface area contributed by atoms with Crippen LogP contribution in [0, 0.1) is 0 Å². The van der Waals surface area contributed by atoms with Gasteiger partial charge in [-0.3, -0.25) is 0 Å². The molecule has 0 aliphatic carbocycles. The summed E-state index contributed by atoms with van der Waals surface area (Å²) in [6.07, 6.45) is 0.966. The Bertz CT molecular complexity index is 289. The third kappa shape index (κ3) is 6.25. The zero-order valence-electron chi connectivity index (χ0n) is 12.9. The molecule has 0 radical (unpaired) electrons. The van der Waals surface area contributed by atoms with Crippen LogP contribution in [0.25, 0.3) is 0 Å². The molecule has 1 rings (SSSR count). The van der Waals surface area contributed by atoms with Crippen molar-refractivity contribution in [2.45, 2.75) is 58.8 Å². The van der Waals surface area contributed by atoms with Gasteiger partial charge in [-0.2, -0.15) is 0 Å². The number of amides is 1. The van der Waals surface area contributed by atoms with Gasteiger partial charge in [0.2, 0.25) is 0 Å². The van der Waals surface area contributed by atoms with E-state index in [1.165, 1.54) is 0 Å². The maximum atomic E-state index is 11.9. The predicted molar refractivity (Wildman–Crippen MR) is 75.3 cm³/mol. The van der Waals surface area contributed by atoms with Crippen LogP contribution in [0.15, 0.2) is 0 Å². The average Bonchev–Trinajstić information content (AvgIpc) is 2.73. The van der Waals surface area contributed by atoms with Crippen molar-refractivity contribution in [2.24, 2.45) is 0 Å². The first-order valence-corrected chi connectivity index (χ1v) is 7.14. The lowest BCUT2D eigenvalue weighted by Gasteiger charge is -2.24. The van der Waals surface area contributed by atoms with Crippen LogP contribution in [-0.4, -0.2) is 55.0 Å². The van der Waals surface area contributed by atoms with E-state index in [1.807, 2.05) is 27.7 Å². The van der Waals surface area contributed by atoms with Gasteiger partial charge in [0.05, 0.1) is 6.10 Å². The molecule has 0 aromatic heterocycles. The van der Waals surface area contributed by atoms with E-state index < -0.39 is 5.60 Å². The van der Waals surface area contributed by atoms with Crippen LogP contribution in [0.4, 0.5) is 4.79 Å².